The van der Waals surface area contributed by atoms with Crippen molar-refractivity contribution in [3.8, 4) is 0 Å². The highest BCUT2D eigenvalue weighted by Gasteiger charge is 2.16. The number of para-hydroxylation sites is 2. The van der Waals surface area contributed by atoms with Crippen LogP contribution >= 0.6 is 0 Å². The van der Waals surface area contributed by atoms with E-state index in [4.69, 9.17) is 0 Å². The second kappa shape index (κ2) is 7.39. The van der Waals surface area contributed by atoms with Crippen molar-refractivity contribution in [2.45, 2.75) is 33.0 Å². The molecule has 6 heteroatoms. The Labute approximate surface area is 150 Å². The predicted molar refractivity (Wildman–Crippen MR) is 101 cm³/mol. The number of aromatic nitrogens is 2. The molecule has 2 aromatic carbocycles. The third-order valence-electron chi connectivity index (χ3n) is 4.43. The molecule has 1 amide bonds. The fraction of sp³-hybridized carbons (Fsp3) is 0.250. The third kappa shape index (κ3) is 3.31. The van der Waals surface area contributed by atoms with Crippen LogP contribution in [0.2, 0.25) is 0 Å². The van der Waals surface area contributed by atoms with Crippen LogP contribution in [0.15, 0.2) is 64.2 Å². The smallest absolute Gasteiger partial charge is 0.317 e. The van der Waals surface area contributed by atoms with Gasteiger partial charge in [-0.05, 0) is 31.5 Å². The molecular weight excluding hydrogens is 330 g/mol. The van der Waals surface area contributed by atoms with Crippen molar-refractivity contribution in [2.75, 3.05) is 0 Å². The first-order valence-electron chi connectivity index (χ1n) is 8.59. The minimum atomic E-state index is -0.687. The van der Waals surface area contributed by atoms with Gasteiger partial charge in [-0.25, -0.2) is 0 Å². The molecule has 1 unspecified atom stereocenters. The number of rotatable bonds is 5. The van der Waals surface area contributed by atoms with E-state index < -0.39 is 11.1 Å². The standard InChI is InChI=1S/C20H21N3O3/c1-3-22-16-11-7-8-12-17(16)23(20(26)19(22)25)13-18(24)21-14(2)15-9-5-4-6-10-15/h4-12,14H,3,13H2,1-2H3,(H,21,24). The van der Waals surface area contributed by atoms with Gasteiger partial charge in [-0.1, -0.05) is 42.5 Å². The van der Waals surface area contributed by atoms with Crippen LogP contribution in [-0.4, -0.2) is 15.0 Å². The van der Waals surface area contributed by atoms with E-state index in [1.807, 2.05) is 44.2 Å². The Hall–Kier alpha value is -3.15. The number of carbonyl (C=O) groups is 1. The second-order valence-electron chi connectivity index (χ2n) is 6.13. The lowest BCUT2D eigenvalue weighted by atomic mass is 10.1. The summed E-state index contributed by atoms with van der Waals surface area (Å²) in [4.78, 5) is 37.3. The van der Waals surface area contributed by atoms with Gasteiger partial charge in [0, 0.05) is 6.54 Å². The molecule has 1 N–H and O–H groups in total. The van der Waals surface area contributed by atoms with Gasteiger partial charge < -0.3 is 9.88 Å². The lowest BCUT2D eigenvalue weighted by molar-refractivity contribution is -0.122. The number of aryl methyl sites for hydroxylation is 1. The fourth-order valence-electron chi connectivity index (χ4n) is 3.10. The molecule has 3 rings (SSSR count). The zero-order valence-corrected chi connectivity index (χ0v) is 14.8. The first-order chi connectivity index (χ1) is 12.5. The predicted octanol–water partition coefficient (Wildman–Crippen LogP) is 2.06. The van der Waals surface area contributed by atoms with Crippen LogP contribution in [-0.2, 0) is 17.9 Å². The monoisotopic (exact) mass is 351 g/mol. The summed E-state index contributed by atoms with van der Waals surface area (Å²) in [7, 11) is 0. The molecule has 1 aromatic heterocycles. The van der Waals surface area contributed by atoms with Crippen LogP contribution in [0.5, 0.6) is 0 Å². The maximum absolute atomic E-state index is 12.5. The van der Waals surface area contributed by atoms with Crippen LogP contribution in [0.1, 0.15) is 25.5 Å². The van der Waals surface area contributed by atoms with E-state index in [9.17, 15) is 14.4 Å². The number of benzene rings is 2. The zero-order chi connectivity index (χ0) is 18.7. The summed E-state index contributed by atoms with van der Waals surface area (Å²) in [5.41, 5.74) is 0.882. The SMILES string of the molecule is CCn1c(=O)c(=O)n(CC(=O)NC(C)c2ccccc2)c2ccccc21. The van der Waals surface area contributed by atoms with E-state index in [2.05, 4.69) is 5.32 Å². The van der Waals surface area contributed by atoms with Crippen LogP contribution in [0, 0.1) is 0 Å². The number of carbonyl (C=O) groups excluding carboxylic acids is 1. The topological polar surface area (TPSA) is 73.1 Å². The van der Waals surface area contributed by atoms with Crippen molar-refractivity contribution in [2.24, 2.45) is 0 Å². The molecular formula is C20H21N3O3. The average Bonchev–Trinajstić information content (AvgIpc) is 2.66. The largest absolute Gasteiger partial charge is 0.348 e. The van der Waals surface area contributed by atoms with Crippen LogP contribution in [0.4, 0.5) is 0 Å². The quantitative estimate of drug-likeness (QED) is 0.715. The van der Waals surface area contributed by atoms with Gasteiger partial charge in [-0.15, -0.1) is 0 Å². The van der Waals surface area contributed by atoms with E-state index in [1.165, 1.54) is 9.13 Å². The first-order valence-corrected chi connectivity index (χ1v) is 8.59. The summed E-state index contributed by atoms with van der Waals surface area (Å²) in [6.45, 7) is 3.89. The molecule has 0 aliphatic heterocycles. The average molecular weight is 351 g/mol. The van der Waals surface area contributed by atoms with Gasteiger partial charge in [0.2, 0.25) is 5.91 Å². The lowest BCUT2D eigenvalue weighted by Gasteiger charge is -2.17. The molecule has 0 saturated carbocycles. The van der Waals surface area contributed by atoms with Gasteiger partial charge in [0.1, 0.15) is 6.54 Å². The van der Waals surface area contributed by atoms with Crippen molar-refractivity contribution >= 4 is 16.9 Å². The molecule has 6 nitrogen and oxygen atoms in total. The van der Waals surface area contributed by atoms with Crippen molar-refractivity contribution < 1.29 is 4.79 Å². The number of hydrogen-bond donors (Lipinski definition) is 1. The molecule has 1 atom stereocenters. The summed E-state index contributed by atoms with van der Waals surface area (Å²) < 4.78 is 2.68. The number of nitrogens with one attached hydrogen (secondary N) is 1. The molecule has 0 saturated heterocycles. The molecule has 0 aliphatic rings. The second-order valence-corrected chi connectivity index (χ2v) is 6.13. The maximum Gasteiger partial charge on any atom is 0.317 e. The van der Waals surface area contributed by atoms with E-state index in [-0.39, 0.29) is 18.5 Å². The van der Waals surface area contributed by atoms with Crippen LogP contribution in [0.25, 0.3) is 11.0 Å². The fourth-order valence-corrected chi connectivity index (χ4v) is 3.10. The molecule has 0 fully saturated rings. The highest BCUT2D eigenvalue weighted by Crippen LogP contribution is 2.12. The van der Waals surface area contributed by atoms with Crippen molar-refractivity contribution in [3.63, 3.8) is 0 Å². The highest BCUT2D eigenvalue weighted by molar-refractivity contribution is 5.80. The third-order valence-corrected chi connectivity index (χ3v) is 4.43. The van der Waals surface area contributed by atoms with Gasteiger partial charge >= 0.3 is 11.1 Å². The summed E-state index contributed by atoms with van der Waals surface area (Å²) in [6.07, 6.45) is 0. The van der Waals surface area contributed by atoms with E-state index >= 15 is 0 Å². The number of amides is 1. The maximum atomic E-state index is 12.5. The molecule has 3 aromatic rings. The van der Waals surface area contributed by atoms with Gasteiger partial charge in [-0.2, -0.15) is 0 Å². The van der Waals surface area contributed by atoms with Crippen LogP contribution in [0.3, 0.4) is 0 Å². The Balaban J connectivity index is 1.94. The Morgan fingerprint density at radius 3 is 2.08 bits per heavy atom. The van der Waals surface area contributed by atoms with Crippen molar-refractivity contribution in [1.82, 2.24) is 14.5 Å². The minimum Gasteiger partial charge on any atom is -0.348 e. The summed E-state index contributed by atoms with van der Waals surface area (Å²) in [5.74, 6) is -0.317. The number of nitrogens with zero attached hydrogens (tertiary/aromatic N) is 2. The summed E-state index contributed by atoms with van der Waals surface area (Å²) in [6, 6.07) is 16.5. The van der Waals surface area contributed by atoms with Crippen molar-refractivity contribution in [1.29, 1.82) is 0 Å². The van der Waals surface area contributed by atoms with Crippen LogP contribution < -0.4 is 16.4 Å². The number of hydrogen-bond acceptors (Lipinski definition) is 3. The van der Waals surface area contributed by atoms with Gasteiger partial charge in [0.05, 0.1) is 17.1 Å². The molecule has 26 heavy (non-hydrogen) atoms. The molecule has 0 radical (unpaired) electrons. The number of fused-ring (bicyclic) bond motifs is 1. The molecule has 134 valence electrons. The van der Waals surface area contributed by atoms with E-state index in [0.29, 0.717) is 17.6 Å². The normalized spacial score (nSPS) is 12.1. The van der Waals surface area contributed by atoms with Gasteiger partial charge in [0.25, 0.3) is 0 Å². The zero-order valence-electron chi connectivity index (χ0n) is 14.8. The first kappa shape index (κ1) is 17.7. The molecule has 0 aliphatic carbocycles. The minimum absolute atomic E-state index is 0.193. The van der Waals surface area contributed by atoms with Gasteiger partial charge in [-0.3, -0.25) is 19.0 Å². The van der Waals surface area contributed by atoms with E-state index in [1.54, 1.807) is 24.3 Å². The molecule has 0 bridgehead atoms. The summed E-state index contributed by atoms with van der Waals surface area (Å²) >= 11 is 0. The Morgan fingerprint density at radius 1 is 0.923 bits per heavy atom. The molecule has 0 spiro atoms. The highest BCUT2D eigenvalue weighted by atomic mass is 16.2. The Bertz CT molecular complexity index is 1050. The summed E-state index contributed by atoms with van der Waals surface area (Å²) in [5, 5.41) is 2.88. The Morgan fingerprint density at radius 2 is 1.46 bits per heavy atom. The van der Waals surface area contributed by atoms with Gasteiger partial charge in [0.15, 0.2) is 0 Å². The van der Waals surface area contributed by atoms with E-state index in [0.717, 1.165) is 5.56 Å². The van der Waals surface area contributed by atoms with Crippen molar-refractivity contribution in [3.05, 3.63) is 80.9 Å². The Kier molecular flexibility index (Phi) is 5.02. The molecule has 1 heterocycles. The lowest BCUT2D eigenvalue weighted by Crippen LogP contribution is -2.44.